The smallest absolute Gasteiger partial charge is 0.126 e. The topological polar surface area (TPSA) is 53.2 Å². The van der Waals surface area contributed by atoms with E-state index in [0.717, 1.165) is 19.3 Å². The summed E-state index contributed by atoms with van der Waals surface area (Å²) in [6.07, 6.45) is 3.59. The fourth-order valence-corrected chi connectivity index (χ4v) is 3.55. The number of aliphatic hydroxyl groups excluding tert-OH is 1. The Bertz CT molecular complexity index is 530. The molecule has 0 bridgehead atoms. The molecule has 1 unspecified atom stereocenters. The van der Waals surface area contributed by atoms with Gasteiger partial charge in [-0.1, -0.05) is 31.0 Å². The largest absolute Gasteiger partial charge is 0.496 e. The summed E-state index contributed by atoms with van der Waals surface area (Å²) in [7, 11) is 1.55. The van der Waals surface area contributed by atoms with E-state index in [9.17, 15) is 10.4 Å². The van der Waals surface area contributed by atoms with Gasteiger partial charge < -0.3 is 9.84 Å². The fourth-order valence-electron chi connectivity index (χ4n) is 3.28. The van der Waals surface area contributed by atoms with E-state index in [1.165, 1.54) is 0 Å². The van der Waals surface area contributed by atoms with Gasteiger partial charge in [-0.15, -0.1) is 0 Å². The van der Waals surface area contributed by atoms with E-state index in [1.54, 1.807) is 25.3 Å². The number of nitrogens with zero attached hydrogens (tertiary/aromatic N) is 1. The van der Waals surface area contributed by atoms with Crippen molar-refractivity contribution in [3.05, 3.63) is 28.8 Å². The van der Waals surface area contributed by atoms with Crippen LogP contribution in [-0.4, -0.2) is 12.2 Å². The first-order valence-corrected chi connectivity index (χ1v) is 7.87. The number of aliphatic hydroxyl groups is 1. The van der Waals surface area contributed by atoms with Crippen molar-refractivity contribution in [3.63, 3.8) is 0 Å². The monoisotopic (exact) mass is 307 g/mol. The maximum absolute atomic E-state index is 10.9. The lowest BCUT2D eigenvalue weighted by molar-refractivity contribution is 0.0228. The Balaban J connectivity index is 2.34. The van der Waals surface area contributed by atoms with Gasteiger partial charge in [-0.25, -0.2) is 0 Å². The molecule has 3 nitrogen and oxygen atoms in total. The van der Waals surface area contributed by atoms with E-state index in [1.807, 2.05) is 0 Å². The van der Waals surface area contributed by atoms with Gasteiger partial charge in [-0.05, 0) is 43.7 Å². The molecular weight excluding hydrogens is 286 g/mol. The Hall–Kier alpha value is -1.24. The minimum absolute atomic E-state index is 0.453. The lowest BCUT2D eigenvalue weighted by Crippen LogP contribution is -2.32. The first-order chi connectivity index (χ1) is 10.1. The Morgan fingerprint density at radius 3 is 2.67 bits per heavy atom. The zero-order valence-electron chi connectivity index (χ0n) is 12.6. The lowest BCUT2D eigenvalue weighted by Gasteiger charge is -2.38. The van der Waals surface area contributed by atoms with Crippen molar-refractivity contribution in [1.82, 2.24) is 0 Å². The molecule has 1 N–H and O–H groups in total. The van der Waals surface area contributed by atoms with Gasteiger partial charge in [-0.3, -0.25) is 0 Å². The Morgan fingerprint density at radius 1 is 1.48 bits per heavy atom. The quantitative estimate of drug-likeness (QED) is 0.891. The van der Waals surface area contributed by atoms with Crippen molar-refractivity contribution in [3.8, 4) is 11.8 Å². The first-order valence-electron chi connectivity index (χ1n) is 7.49. The first kappa shape index (κ1) is 16.1. The molecule has 1 aliphatic carbocycles. The highest BCUT2D eigenvalue weighted by Crippen LogP contribution is 2.50. The second-order valence-electron chi connectivity index (χ2n) is 5.88. The molecule has 114 valence electrons. The molecular formula is C17H22ClNO2. The molecule has 21 heavy (non-hydrogen) atoms. The zero-order chi connectivity index (χ0) is 15.5. The van der Waals surface area contributed by atoms with Crippen molar-refractivity contribution in [2.24, 2.45) is 11.3 Å². The van der Waals surface area contributed by atoms with E-state index in [4.69, 9.17) is 16.3 Å². The van der Waals surface area contributed by atoms with Crippen LogP contribution in [-0.2, 0) is 0 Å². The van der Waals surface area contributed by atoms with Crippen LogP contribution in [0.2, 0.25) is 5.02 Å². The van der Waals surface area contributed by atoms with Crippen LogP contribution in [0.15, 0.2) is 18.2 Å². The maximum Gasteiger partial charge on any atom is 0.126 e. The normalized spacial score (nSPS) is 26.9. The van der Waals surface area contributed by atoms with Crippen LogP contribution < -0.4 is 4.74 Å². The van der Waals surface area contributed by atoms with Crippen LogP contribution in [0, 0.1) is 22.7 Å². The summed E-state index contributed by atoms with van der Waals surface area (Å²) in [5.41, 5.74) is -0.220. The number of benzene rings is 1. The Morgan fingerprint density at radius 2 is 2.14 bits per heavy atom. The number of hydrogen-bond donors (Lipinski definition) is 1. The molecule has 1 fully saturated rings. The van der Waals surface area contributed by atoms with Gasteiger partial charge in [0.1, 0.15) is 11.9 Å². The Labute approximate surface area is 131 Å². The summed E-state index contributed by atoms with van der Waals surface area (Å²) in [4.78, 5) is 0. The van der Waals surface area contributed by atoms with Crippen molar-refractivity contribution in [2.45, 2.75) is 45.1 Å². The standard InChI is InChI=1S/C17H22ClNO2/c1-3-12-7-9-17(11-19,10-8-12)16(20)15-13(18)5-4-6-14(15)21-2/h4-6,12,16,20H,3,7-10H2,1-2H3. The SMILES string of the molecule is CCC1CCC(C#N)(C(O)c2c(Cl)cccc2OC)CC1. The molecule has 0 spiro atoms. The third-order valence-electron chi connectivity index (χ3n) is 4.83. The molecule has 2 rings (SSSR count). The van der Waals surface area contributed by atoms with Gasteiger partial charge in [0.25, 0.3) is 0 Å². The minimum Gasteiger partial charge on any atom is -0.496 e. The molecule has 1 saturated carbocycles. The number of halogens is 1. The molecule has 0 heterocycles. The van der Waals surface area contributed by atoms with Crippen LogP contribution >= 0.6 is 11.6 Å². The van der Waals surface area contributed by atoms with Crippen molar-refractivity contribution in [2.75, 3.05) is 7.11 Å². The highest BCUT2D eigenvalue weighted by atomic mass is 35.5. The molecule has 0 aromatic heterocycles. The second-order valence-corrected chi connectivity index (χ2v) is 6.29. The van der Waals surface area contributed by atoms with Gasteiger partial charge in [-0.2, -0.15) is 5.26 Å². The van der Waals surface area contributed by atoms with Crippen LogP contribution in [0.5, 0.6) is 5.75 Å². The molecule has 1 atom stereocenters. The van der Waals surface area contributed by atoms with Gasteiger partial charge in [0.15, 0.2) is 0 Å². The van der Waals surface area contributed by atoms with Gasteiger partial charge >= 0.3 is 0 Å². The van der Waals surface area contributed by atoms with Crippen LogP contribution in [0.3, 0.4) is 0 Å². The van der Waals surface area contributed by atoms with Gasteiger partial charge in [0.2, 0.25) is 0 Å². The van der Waals surface area contributed by atoms with E-state index in [-0.39, 0.29) is 0 Å². The second kappa shape index (κ2) is 6.68. The summed E-state index contributed by atoms with van der Waals surface area (Å²) in [5.74, 6) is 1.20. The molecule has 0 aliphatic heterocycles. The highest BCUT2D eigenvalue weighted by molar-refractivity contribution is 6.31. The summed E-state index contributed by atoms with van der Waals surface area (Å²) >= 11 is 6.25. The zero-order valence-corrected chi connectivity index (χ0v) is 13.4. The molecule has 4 heteroatoms. The van der Waals surface area contributed by atoms with Crippen LogP contribution in [0.1, 0.15) is 50.7 Å². The summed E-state index contributed by atoms with van der Waals surface area (Å²) in [5, 5.41) is 21.0. The minimum atomic E-state index is -0.913. The van der Waals surface area contributed by atoms with Crippen LogP contribution in [0.4, 0.5) is 0 Å². The predicted molar refractivity (Wildman–Crippen MR) is 83.3 cm³/mol. The summed E-state index contributed by atoms with van der Waals surface area (Å²) in [6, 6.07) is 7.66. The number of ether oxygens (including phenoxy) is 1. The molecule has 1 aromatic carbocycles. The van der Waals surface area contributed by atoms with E-state index < -0.39 is 11.5 Å². The van der Waals surface area contributed by atoms with Crippen LogP contribution in [0.25, 0.3) is 0 Å². The Kier molecular flexibility index (Phi) is 5.13. The number of hydrogen-bond acceptors (Lipinski definition) is 3. The lowest BCUT2D eigenvalue weighted by atomic mass is 9.66. The average molecular weight is 308 g/mol. The molecule has 0 saturated heterocycles. The third kappa shape index (κ3) is 3.02. The summed E-state index contributed by atoms with van der Waals surface area (Å²) < 4.78 is 5.32. The maximum atomic E-state index is 10.9. The molecule has 0 amide bonds. The van der Waals surface area contributed by atoms with Crippen molar-refractivity contribution in [1.29, 1.82) is 5.26 Å². The van der Waals surface area contributed by atoms with E-state index >= 15 is 0 Å². The highest BCUT2D eigenvalue weighted by Gasteiger charge is 2.43. The molecule has 1 aromatic rings. The molecule has 0 radical (unpaired) electrons. The van der Waals surface area contributed by atoms with Crippen molar-refractivity contribution >= 4 is 11.6 Å². The van der Waals surface area contributed by atoms with E-state index in [2.05, 4.69) is 13.0 Å². The fraction of sp³-hybridized carbons (Fsp3) is 0.588. The summed E-state index contributed by atoms with van der Waals surface area (Å²) in [6.45, 7) is 2.18. The molecule has 1 aliphatic rings. The number of nitriles is 1. The third-order valence-corrected chi connectivity index (χ3v) is 5.16. The number of methoxy groups -OCH3 is 1. The van der Waals surface area contributed by atoms with Gasteiger partial charge in [0, 0.05) is 5.56 Å². The predicted octanol–water partition coefficient (Wildman–Crippen LogP) is 4.49. The van der Waals surface area contributed by atoms with Gasteiger partial charge in [0.05, 0.1) is 23.6 Å². The number of rotatable bonds is 4. The van der Waals surface area contributed by atoms with E-state index in [0.29, 0.717) is 35.1 Å². The van der Waals surface area contributed by atoms with Crippen molar-refractivity contribution < 1.29 is 9.84 Å². The average Bonchev–Trinajstić information content (AvgIpc) is 2.54.